The number of aryl methyl sites for hydroxylation is 1. The fourth-order valence-electron chi connectivity index (χ4n) is 2.79. The molecular formula is C18H28N2. The van der Waals surface area contributed by atoms with Crippen LogP contribution in [-0.2, 0) is 17.4 Å². The minimum absolute atomic E-state index is 0.139. The van der Waals surface area contributed by atoms with Crippen LogP contribution in [-0.4, -0.2) is 9.55 Å². The van der Waals surface area contributed by atoms with Crippen molar-refractivity contribution in [1.29, 1.82) is 0 Å². The fraction of sp³-hybridized carbons (Fsp3) is 0.611. The number of nitrogens with zero attached hydrogens (tertiary/aromatic N) is 2. The van der Waals surface area contributed by atoms with Gasteiger partial charge in [-0.05, 0) is 41.4 Å². The molecule has 0 unspecified atom stereocenters. The van der Waals surface area contributed by atoms with Gasteiger partial charge in [0, 0.05) is 24.3 Å². The van der Waals surface area contributed by atoms with Crippen LogP contribution < -0.4 is 0 Å². The summed E-state index contributed by atoms with van der Waals surface area (Å²) >= 11 is 0. The van der Waals surface area contributed by atoms with Crippen molar-refractivity contribution in [1.82, 2.24) is 9.55 Å². The molecule has 0 bridgehead atoms. The number of fused-ring (bicyclic) bond motifs is 1. The molecule has 20 heavy (non-hydrogen) atoms. The van der Waals surface area contributed by atoms with E-state index in [0.29, 0.717) is 0 Å². The van der Waals surface area contributed by atoms with Crippen LogP contribution in [0.3, 0.4) is 0 Å². The van der Waals surface area contributed by atoms with Crippen molar-refractivity contribution in [2.45, 2.75) is 72.3 Å². The lowest BCUT2D eigenvalue weighted by atomic mass is 9.78. The van der Waals surface area contributed by atoms with Crippen molar-refractivity contribution in [2.75, 3.05) is 0 Å². The van der Waals surface area contributed by atoms with E-state index < -0.39 is 0 Å². The Kier molecular flexibility index (Phi) is 3.70. The second-order valence-corrected chi connectivity index (χ2v) is 7.37. The average molecular weight is 272 g/mol. The summed E-state index contributed by atoms with van der Waals surface area (Å²) in [5.74, 6) is 0. The van der Waals surface area contributed by atoms with Crippen LogP contribution in [0.5, 0.6) is 0 Å². The van der Waals surface area contributed by atoms with Crippen LogP contribution in [0, 0.1) is 0 Å². The van der Waals surface area contributed by atoms with E-state index in [4.69, 9.17) is 0 Å². The Balaban J connectivity index is 2.88. The van der Waals surface area contributed by atoms with Crippen molar-refractivity contribution < 1.29 is 0 Å². The summed E-state index contributed by atoms with van der Waals surface area (Å²) in [4.78, 5) is 4.66. The maximum atomic E-state index is 4.66. The van der Waals surface area contributed by atoms with Gasteiger partial charge in [-0.1, -0.05) is 41.5 Å². The summed E-state index contributed by atoms with van der Waals surface area (Å²) in [6.07, 6.45) is 5.41. The van der Waals surface area contributed by atoms with Gasteiger partial charge in [0.15, 0.2) is 0 Å². The van der Waals surface area contributed by atoms with Gasteiger partial charge in [-0.15, -0.1) is 0 Å². The van der Waals surface area contributed by atoms with Crippen LogP contribution in [0.4, 0.5) is 0 Å². The molecule has 0 N–H and O–H groups in total. The summed E-state index contributed by atoms with van der Waals surface area (Å²) < 4.78 is 2.29. The normalized spacial score (nSPS) is 13.2. The molecule has 0 fully saturated rings. The van der Waals surface area contributed by atoms with Gasteiger partial charge in [0.25, 0.3) is 0 Å². The van der Waals surface area contributed by atoms with E-state index in [9.17, 15) is 0 Å². The molecule has 0 atom stereocenters. The third-order valence-electron chi connectivity index (χ3n) is 4.52. The average Bonchev–Trinajstić information content (AvgIpc) is 2.76. The van der Waals surface area contributed by atoms with E-state index >= 15 is 0 Å². The highest BCUT2D eigenvalue weighted by Gasteiger charge is 2.28. The Morgan fingerprint density at radius 1 is 1.05 bits per heavy atom. The molecule has 0 aliphatic carbocycles. The molecule has 2 aromatic heterocycles. The van der Waals surface area contributed by atoms with Crippen LogP contribution in [0.15, 0.2) is 18.5 Å². The highest BCUT2D eigenvalue weighted by atomic mass is 15.0. The summed E-state index contributed by atoms with van der Waals surface area (Å²) in [5.41, 5.74) is 4.30. The van der Waals surface area contributed by atoms with E-state index in [1.807, 2.05) is 6.20 Å². The molecule has 110 valence electrons. The Labute approximate surface area is 123 Å². The van der Waals surface area contributed by atoms with E-state index in [2.05, 4.69) is 70.3 Å². The quantitative estimate of drug-likeness (QED) is 0.765. The number of pyridine rings is 1. The zero-order valence-electron chi connectivity index (χ0n) is 14.0. The molecular weight excluding hydrogens is 244 g/mol. The molecule has 2 rings (SSSR count). The van der Waals surface area contributed by atoms with Gasteiger partial charge in [0.1, 0.15) is 5.65 Å². The van der Waals surface area contributed by atoms with Gasteiger partial charge in [0.05, 0.1) is 0 Å². The first-order valence-corrected chi connectivity index (χ1v) is 7.71. The largest absolute Gasteiger partial charge is 0.332 e. The first-order chi connectivity index (χ1) is 9.22. The smallest absolute Gasteiger partial charge is 0.140 e. The number of hydrogen-bond donors (Lipinski definition) is 0. The minimum Gasteiger partial charge on any atom is -0.332 e. The van der Waals surface area contributed by atoms with Gasteiger partial charge in [-0.2, -0.15) is 0 Å². The minimum atomic E-state index is 0.139. The van der Waals surface area contributed by atoms with Crippen molar-refractivity contribution in [3.8, 4) is 0 Å². The lowest BCUT2D eigenvalue weighted by molar-refractivity contribution is 0.507. The lowest BCUT2D eigenvalue weighted by Gasteiger charge is -2.26. The fourth-order valence-corrected chi connectivity index (χ4v) is 2.79. The second-order valence-electron chi connectivity index (χ2n) is 7.37. The van der Waals surface area contributed by atoms with Gasteiger partial charge in [-0.25, -0.2) is 4.98 Å². The maximum Gasteiger partial charge on any atom is 0.140 e. The zero-order valence-corrected chi connectivity index (χ0v) is 14.0. The predicted octanol–water partition coefficient (Wildman–Crippen LogP) is 5.04. The first kappa shape index (κ1) is 15.1. The van der Waals surface area contributed by atoms with E-state index in [1.165, 1.54) is 16.5 Å². The van der Waals surface area contributed by atoms with Crippen molar-refractivity contribution in [3.05, 3.63) is 29.6 Å². The van der Waals surface area contributed by atoms with E-state index in [-0.39, 0.29) is 10.8 Å². The number of rotatable bonds is 3. The molecule has 0 radical (unpaired) electrons. The van der Waals surface area contributed by atoms with E-state index in [1.54, 1.807) is 0 Å². The Morgan fingerprint density at radius 3 is 2.20 bits per heavy atom. The highest BCUT2D eigenvalue weighted by Crippen LogP contribution is 2.39. The molecule has 0 spiro atoms. The van der Waals surface area contributed by atoms with Crippen LogP contribution >= 0.6 is 0 Å². The summed E-state index contributed by atoms with van der Waals surface area (Å²) in [7, 11) is 0. The zero-order chi connectivity index (χ0) is 15.1. The lowest BCUT2D eigenvalue weighted by Crippen LogP contribution is -2.18. The van der Waals surface area contributed by atoms with Crippen molar-refractivity contribution in [3.63, 3.8) is 0 Å². The van der Waals surface area contributed by atoms with Crippen LogP contribution in [0.1, 0.15) is 66.0 Å². The molecule has 2 aromatic rings. The molecule has 0 aliphatic rings. The number of aromatic nitrogens is 2. The molecule has 0 aliphatic heterocycles. The maximum absolute atomic E-state index is 4.66. The van der Waals surface area contributed by atoms with Crippen LogP contribution in [0.25, 0.3) is 11.0 Å². The Hall–Kier alpha value is -1.31. The number of hydrogen-bond acceptors (Lipinski definition) is 1. The van der Waals surface area contributed by atoms with Gasteiger partial charge in [-0.3, -0.25) is 0 Å². The molecule has 0 aromatic carbocycles. The molecule has 2 heteroatoms. The Bertz CT molecular complexity index is 612. The van der Waals surface area contributed by atoms with Gasteiger partial charge < -0.3 is 4.57 Å². The second kappa shape index (κ2) is 4.91. The first-order valence-electron chi connectivity index (χ1n) is 7.71. The molecule has 0 saturated carbocycles. The Morgan fingerprint density at radius 2 is 1.70 bits per heavy atom. The molecule has 0 amide bonds. The predicted molar refractivity (Wildman–Crippen MR) is 87.4 cm³/mol. The van der Waals surface area contributed by atoms with Crippen molar-refractivity contribution >= 4 is 11.0 Å². The SMILES string of the molecule is CCn1cc(C(C)(C)CC)c2c(C(C)(C)C)ccnc21. The van der Waals surface area contributed by atoms with Gasteiger partial charge in [0.2, 0.25) is 0 Å². The summed E-state index contributed by atoms with van der Waals surface area (Å²) in [6.45, 7) is 16.9. The third-order valence-corrected chi connectivity index (χ3v) is 4.52. The monoisotopic (exact) mass is 272 g/mol. The van der Waals surface area contributed by atoms with Crippen LogP contribution in [0.2, 0.25) is 0 Å². The third kappa shape index (κ3) is 2.36. The van der Waals surface area contributed by atoms with Gasteiger partial charge >= 0.3 is 0 Å². The van der Waals surface area contributed by atoms with E-state index in [0.717, 1.165) is 18.6 Å². The summed E-state index contributed by atoms with van der Waals surface area (Å²) in [5, 5.41) is 1.37. The highest BCUT2D eigenvalue weighted by molar-refractivity contribution is 5.86. The molecule has 2 nitrogen and oxygen atoms in total. The summed E-state index contributed by atoms with van der Waals surface area (Å²) in [6, 6.07) is 2.19. The standard InChI is InChI=1S/C18H28N2/c1-8-18(6,7)14-12-20(9-2)16-15(14)13(10-11-19-16)17(3,4)5/h10-12H,8-9H2,1-7H3. The molecule has 0 saturated heterocycles. The van der Waals surface area contributed by atoms with Crippen molar-refractivity contribution in [2.24, 2.45) is 0 Å². The topological polar surface area (TPSA) is 17.8 Å². The molecule has 2 heterocycles.